The number of rotatable bonds is 9. The molecule has 0 spiro atoms. The quantitative estimate of drug-likeness (QED) is 0.176. The number of ketones is 1. The number of halogens is 4. The highest BCUT2D eigenvalue weighted by Crippen LogP contribution is 2.29. The molecule has 1 heterocycles. The molecule has 0 aromatic heterocycles. The number of carbonyl (C=O) groups is 5. The van der Waals surface area contributed by atoms with E-state index < -0.39 is 89.1 Å². The Morgan fingerprint density at radius 3 is 2.21 bits per heavy atom. The number of hydrogen-bond donors (Lipinski definition) is 2. The first-order valence-electron chi connectivity index (χ1n) is 15.1. The summed E-state index contributed by atoms with van der Waals surface area (Å²) >= 11 is 0. The number of para-hydroxylation sites is 1. The number of benzene rings is 2. The molecular formula is C33H39F4N3O8. The molecular weight excluding hydrogens is 642 g/mol. The molecule has 0 bridgehead atoms. The van der Waals surface area contributed by atoms with E-state index in [9.17, 15) is 41.5 Å². The highest BCUT2D eigenvalue weighted by molar-refractivity contribution is 6.39. The molecule has 262 valence electrons. The minimum Gasteiger partial charge on any atom is -0.479 e. The maximum atomic E-state index is 14.1. The van der Waals surface area contributed by atoms with E-state index in [0.717, 1.165) is 10.5 Å². The van der Waals surface area contributed by atoms with Crippen molar-refractivity contribution in [2.24, 2.45) is 5.92 Å². The van der Waals surface area contributed by atoms with Gasteiger partial charge in [0, 0.05) is 24.8 Å². The number of ether oxygens (including phenoxy) is 3. The van der Waals surface area contributed by atoms with Crippen LogP contribution in [-0.4, -0.2) is 78.9 Å². The third-order valence-electron chi connectivity index (χ3n) is 7.03. The lowest BCUT2D eigenvalue weighted by molar-refractivity contribution is -0.156. The zero-order chi connectivity index (χ0) is 36.0. The van der Waals surface area contributed by atoms with Crippen LogP contribution >= 0.6 is 0 Å². The topological polar surface area (TPSA) is 140 Å². The Morgan fingerprint density at radius 1 is 0.979 bits per heavy atom. The monoisotopic (exact) mass is 681 g/mol. The maximum Gasteiger partial charge on any atom is 0.313 e. The van der Waals surface area contributed by atoms with Gasteiger partial charge in [0.2, 0.25) is 17.5 Å². The van der Waals surface area contributed by atoms with Crippen molar-refractivity contribution in [1.82, 2.24) is 10.2 Å². The van der Waals surface area contributed by atoms with Crippen LogP contribution in [-0.2, 0) is 38.9 Å². The first-order valence-corrected chi connectivity index (χ1v) is 15.1. The van der Waals surface area contributed by atoms with Crippen LogP contribution in [0.25, 0.3) is 0 Å². The second-order valence-corrected chi connectivity index (χ2v) is 13.2. The average Bonchev–Trinajstić information content (AvgIpc) is 3.24. The van der Waals surface area contributed by atoms with E-state index in [1.54, 1.807) is 39.0 Å². The maximum absolute atomic E-state index is 14.1. The van der Waals surface area contributed by atoms with Crippen LogP contribution < -0.4 is 15.4 Å². The lowest BCUT2D eigenvalue weighted by Crippen LogP contribution is -2.50. The van der Waals surface area contributed by atoms with Gasteiger partial charge in [-0.3, -0.25) is 24.0 Å². The minimum atomic E-state index is -1.89. The Balaban J connectivity index is 1.76. The van der Waals surface area contributed by atoms with Crippen LogP contribution in [0.15, 0.2) is 30.3 Å². The van der Waals surface area contributed by atoms with Gasteiger partial charge in [-0.25, -0.2) is 8.78 Å². The largest absolute Gasteiger partial charge is 0.479 e. The fourth-order valence-corrected chi connectivity index (χ4v) is 4.73. The van der Waals surface area contributed by atoms with Crippen LogP contribution in [0.5, 0.6) is 5.75 Å². The molecule has 11 nitrogen and oxygen atoms in total. The van der Waals surface area contributed by atoms with Crippen molar-refractivity contribution in [1.29, 1.82) is 0 Å². The Labute approximate surface area is 275 Å². The lowest BCUT2D eigenvalue weighted by Gasteiger charge is -2.26. The second kappa shape index (κ2) is 15.6. The third-order valence-corrected chi connectivity index (χ3v) is 7.03. The molecule has 15 heteroatoms. The summed E-state index contributed by atoms with van der Waals surface area (Å²) in [6, 6.07) is 5.26. The molecule has 48 heavy (non-hydrogen) atoms. The molecule has 3 amide bonds. The van der Waals surface area contributed by atoms with Gasteiger partial charge in [-0.2, -0.15) is 8.78 Å². The molecule has 1 aliphatic rings. The van der Waals surface area contributed by atoms with Gasteiger partial charge in [-0.05, 0) is 37.8 Å². The Kier molecular flexibility index (Phi) is 12.3. The van der Waals surface area contributed by atoms with E-state index >= 15 is 0 Å². The number of amides is 3. The van der Waals surface area contributed by atoms with Crippen molar-refractivity contribution in [3.63, 3.8) is 0 Å². The van der Waals surface area contributed by atoms with Crippen LogP contribution in [0.1, 0.15) is 53.5 Å². The number of Topliss-reactive ketones (excluding diaryl/α,β-unsaturated/α-hetero) is 1. The summed E-state index contributed by atoms with van der Waals surface area (Å²) in [6.07, 6.45) is -0.751. The van der Waals surface area contributed by atoms with Crippen LogP contribution in [0.4, 0.5) is 23.2 Å². The van der Waals surface area contributed by atoms with Crippen molar-refractivity contribution >= 4 is 35.2 Å². The molecule has 2 aromatic rings. The molecule has 0 saturated carbocycles. The molecule has 3 rings (SSSR count). The van der Waals surface area contributed by atoms with Crippen molar-refractivity contribution < 1.29 is 55.7 Å². The smallest absolute Gasteiger partial charge is 0.313 e. The predicted octanol–water partition coefficient (Wildman–Crippen LogP) is 3.82. The number of nitrogens with one attached hydrogen (secondary N) is 2. The lowest BCUT2D eigenvalue weighted by atomic mass is 9.86. The summed E-state index contributed by atoms with van der Waals surface area (Å²) < 4.78 is 70.9. The molecule has 0 radical (unpaired) electrons. The van der Waals surface area contributed by atoms with Crippen LogP contribution in [0.3, 0.4) is 0 Å². The summed E-state index contributed by atoms with van der Waals surface area (Å²) in [4.78, 5) is 66.4. The molecule has 2 aromatic carbocycles. The summed E-state index contributed by atoms with van der Waals surface area (Å²) in [5, 5.41) is 4.97. The first kappa shape index (κ1) is 37.9. The van der Waals surface area contributed by atoms with E-state index in [2.05, 4.69) is 10.6 Å². The molecule has 2 atom stereocenters. The van der Waals surface area contributed by atoms with Crippen LogP contribution in [0, 0.1) is 29.2 Å². The third kappa shape index (κ3) is 10.2. The summed E-state index contributed by atoms with van der Waals surface area (Å²) in [7, 11) is 0. The number of carbonyl (C=O) groups excluding carboxylic acids is 5. The number of anilines is 1. The molecule has 1 aliphatic heterocycles. The summed E-state index contributed by atoms with van der Waals surface area (Å²) in [6.45, 7) is 8.71. The highest BCUT2D eigenvalue weighted by atomic mass is 19.2. The zero-order valence-electron chi connectivity index (χ0n) is 27.5. The fraction of sp³-hybridized carbons (Fsp3) is 0.485. The predicted molar refractivity (Wildman–Crippen MR) is 164 cm³/mol. The first-order chi connectivity index (χ1) is 22.3. The highest BCUT2D eigenvalue weighted by Gasteiger charge is 2.35. The van der Waals surface area contributed by atoms with Gasteiger partial charge < -0.3 is 29.7 Å². The summed E-state index contributed by atoms with van der Waals surface area (Å²) in [5.41, 5.74) is -0.100. The fourth-order valence-electron chi connectivity index (χ4n) is 4.73. The number of hydrogen-bond acceptors (Lipinski definition) is 8. The molecule has 1 fully saturated rings. The van der Waals surface area contributed by atoms with E-state index in [1.807, 2.05) is 26.8 Å². The van der Waals surface area contributed by atoms with Gasteiger partial charge in [-0.15, -0.1) is 0 Å². The van der Waals surface area contributed by atoms with Crippen LogP contribution in [0.2, 0.25) is 0 Å². The van der Waals surface area contributed by atoms with Gasteiger partial charge in [0.25, 0.3) is 0 Å². The van der Waals surface area contributed by atoms with Gasteiger partial charge in [0.15, 0.2) is 23.2 Å². The average molecular weight is 682 g/mol. The van der Waals surface area contributed by atoms with Gasteiger partial charge in [-0.1, -0.05) is 39.0 Å². The normalized spacial score (nSPS) is 16.0. The van der Waals surface area contributed by atoms with Gasteiger partial charge in [0.05, 0.1) is 25.6 Å². The molecule has 0 unspecified atom stereocenters. The minimum absolute atomic E-state index is 0.0171. The summed E-state index contributed by atoms with van der Waals surface area (Å²) in [5.74, 6) is -14.7. The van der Waals surface area contributed by atoms with E-state index in [0.29, 0.717) is 5.69 Å². The van der Waals surface area contributed by atoms with E-state index in [1.165, 1.54) is 0 Å². The van der Waals surface area contributed by atoms with Gasteiger partial charge in [0.1, 0.15) is 18.2 Å². The SMILES string of the molecule is CC(C)(C)OC(=O)C[C@H](NC(=O)[C@H]1COCCN(C(=O)C(=O)Nc2ccccc2C(C)(C)C)C1)C(=O)COc1c(F)c(F)cc(F)c1F. The second-order valence-electron chi connectivity index (χ2n) is 13.2. The molecule has 2 N–H and O–H groups in total. The number of nitrogens with zero attached hydrogens (tertiary/aromatic N) is 1. The standard InChI is InChI=1S/C33H39F4N3O8/c1-32(2,3)19-9-7-8-10-22(19)38-30(44)31(45)40-11-12-46-16-18(15-40)29(43)39-23(14-25(42)48-33(4,5)6)24(41)17-47-28-26(36)20(34)13-21(35)27(28)37/h7-10,13,18,23H,11-12,14-17H2,1-6H3,(H,38,44)(H,39,43)/t18-,23+/m1/s1. The van der Waals surface area contributed by atoms with Crippen molar-refractivity contribution in [2.75, 3.05) is 38.2 Å². The zero-order valence-corrected chi connectivity index (χ0v) is 27.5. The Morgan fingerprint density at radius 2 is 1.60 bits per heavy atom. The Bertz CT molecular complexity index is 1530. The van der Waals surface area contributed by atoms with Crippen molar-refractivity contribution in [3.8, 4) is 5.75 Å². The van der Waals surface area contributed by atoms with Gasteiger partial charge >= 0.3 is 17.8 Å². The van der Waals surface area contributed by atoms with Crippen molar-refractivity contribution in [3.05, 3.63) is 59.2 Å². The van der Waals surface area contributed by atoms with E-state index in [4.69, 9.17) is 14.2 Å². The Hall–Kier alpha value is -4.53. The van der Waals surface area contributed by atoms with Crippen molar-refractivity contribution in [2.45, 2.75) is 65.0 Å². The van der Waals surface area contributed by atoms with E-state index in [-0.39, 0.29) is 37.8 Å². The number of esters is 1. The molecule has 1 saturated heterocycles. The molecule has 0 aliphatic carbocycles.